The summed E-state index contributed by atoms with van der Waals surface area (Å²) < 4.78 is 22.3. The smallest absolute Gasteiger partial charge is 0.323 e. The monoisotopic (exact) mass is 334 g/mol. The minimum atomic E-state index is -1.42. The molecule has 2 atom stereocenters. The Hall–Kier alpha value is -1.47. The summed E-state index contributed by atoms with van der Waals surface area (Å²) in [6.07, 6.45) is 0.491. The lowest BCUT2D eigenvalue weighted by Gasteiger charge is -2.17. The zero-order chi connectivity index (χ0) is 18.6. The van der Waals surface area contributed by atoms with Crippen LogP contribution >= 0.6 is 0 Å². The van der Waals surface area contributed by atoms with Crippen molar-refractivity contribution in [3.05, 3.63) is 12.2 Å². The molecule has 23 heavy (non-hydrogen) atoms. The van der Waals surface area contributed by atoms with Crippen molar-refractivity contribution in [3.8, 4) is 0 Å². The van der Waals surface area contributed by atoms with Gasteiger partial charge in [0.1, 0.15) is 17.8 Å². The van der Waals surface area contributed by atoms with Crippen LogP contribution in [-0.2, 0) is 19.1 Å². The number of halogens is 1. The second-order valence-electron chi connectivity index (χ2n) is 5.80. The fraction of sp³-hybridized carbons (Fsp3) is 0.750. The second kappa shape index (κ2) is 12.0. The topological polar surface area (TPSA) is 105 Å². The highest BCUT2D eigenvalue weighted by atomic mass is 19.1. The van der Waals surface area contributed by atoms with Crippen LogP contribution in [0, 0.1) is 0 Å². The summed E-state index contributed by atoms with van der Waals surface area (Å²) in [7, 11) is 0. The van der Waals surface area contributed by atoms with Crippen molar-refractivity contribution in [3.63, 3.8) is 0 Å². The standard InChI is InChI=1S/C8H16FNO2.C8H15NO2/c1-4-12-7(11)6(10)5-8(2,3)9;1-4-11-8(10)7(9)5-6(2)3/h6H,4-5,10H2,1-3H3;7H,2,4-5,9H2,1,3H3/t6-;7-/m00/s1. The molecule has 0 aliphatic rings. The molecule has 0 aromatic heterocycles. The van der Waals surface area contributed by atoms with Crippen LogP contribution in [0.5, 0.6) is 0 Å². The van der Waals surface area contributed by atoms with Gasteiger partial charge in [-0.25, -0.2) is 4.39 Å². The molecule has 0 amide bonds. The minimum absolute atomic E-state index is 0.00810. The molecular weight excluding hydrogens is 303 g/mol. The van der Waals surface area contributed by atoms with Gasteiger partial charge in [-0.05, 0) is 41.0 Å². The zero-order valence-corrected chi connectivity index (χ0v) is 14.9. The average Bonchev–Trinajstić information content (AvgIpc) is 2.37. The second-order valence-corrected chi connectivity index (χ2v) is 5.80. The Balaban J connectivity index is 0. The van der Waals surface area contributed by atoms with Gasteiger partial charge in [-0.2, -0.15) is 0 Å². The average molecular weight is 334 g/mol. The number of alkyl halides is 1. The van der Waals surface area contributed by atoms with Crippen molar-refractivity contribution in [1.29, 1.82) is 0 Å². The predicted octanol–water partition coefficient (Wildman–Crippen LogP) is 1.86. The molecule has 0 rings (SSSR count). The lowest BCUT2D eigenvalue weighted by molar-refractivity contribution is -0.146. The van der Waals surface area contributed by atoms with Gasteiger partial charge in [-0.15, -0.1) is 6.58 Å². The number of nitrogens with two attached hydrogens (primary N) is 2. The van der Waals surface area contributed by atoms with Crippen molar-refractivity contribution in [2.45, 2.75) is 65.2 Å². The minimum Gasteiger partial charge on any atom is -0.465 e. The van der Waals surface area contributed by atoms with Gasteiger partial charge in [-0.1, -0.05) is 5.57 Å². The van der Waals surface area contributed by atoms with Crippen LogP contribution < -0.4 is 11.5 Å². The fourth-order valence-corrected chi connectivity index (χ4v) is 1.56. The normalized spacial score (nSPS) is 13.2. The molecule has 0 aromatic carbocycles. The number of ether oxygens (including phenoxy) is 2. The summed E-state index contributed by atoms with van der Waals surface area (Å²) in [5, 5.41) is 0. The van der Waals surface area contributed by atoms with E-state index in [9.17, 15) is 14.0 Å². The summed E-state index contributed by atoms with van der Waals surface area (Å²) >= 11 is 0. The molecule has 0 heterocycles. The third-order valence-electron chi connectivity index (χ3n) is 2.45. The Bertz CT molecular complexity index is 381. The molecule has 0 saturated carbocycles. The Kier molecular flexibility index (Phi) is 12.4. The molecule has 0 saturated heterocycles. The van der Waals surface area contributed by atoms with Gasteiger partial charge in [0.15, 0.2) is 0 Å². The maximum Gasteiger partial charge on any atom is 0.323 e. The highest BCUT2D eigenvalue weighted by Gasteiger charge is 2.25. The molecule has 136 valence electrons. The number of hydrogen-bond acceptors (Lipinski definition) is 6. The van der Waals surface area contributed by atoms with E-state index in [0.29, 0.717) is 13.0 Å². The molecule has 0 spiro atoms. The summed E-state index contributed by atoms with van der Waals surface area (Å²) in [6, 6.07) is -1.41. The summed E-state index contributed by atoms with van der Waals surface area (Å²) in [4.78, 5) is 21.8. The van der Waals surface area contributed by atoms with E-state index in [1.54, 1.807) is 13.8 Å². The lowest BCUT2D eigenvalue weighted by atomic mass is 10.0. The highest BCUT2D eigenvalue weighted by Crippen LogP contribution is 2.15. The van der Waals surface area contributed by atoms with Crippen molar-refractivity contribution < 1.29 is 23.5 Å². The van der Waals surface area contributed by atoms with E-state index in [2.05, 4.69) is 11.3 Å². The van der Waals surface area contributed by atoms with Crippen LogP contribution in [0.4, 0.5) is 4.39 Å². The summed E-state index contributed by atoms with van der Waals surface area (Å²) in [5.74, 6) is -0.890. The molecule has 0 bridgehead atoms. The first-order valence-corrected chi connectivity index (χ1v) is 7.62. The first kappa shape index (κ1) is 23.8. The van der Waals surface area contributed by atoms with E-state index < -0.39 is 23.7 Å². The fourth-order valence-electron chi connectivity index (χ4n) is 1.56. The van der Waals surface area contributed by atoms with Crippen LogP contribution in [0.1, 0.15) is 47.5 Å². The van der Waals surface area contributed by atoms with Crippen LogP contribution in [0.3, 0.4) is 0 Å². The highest BCUT2D eigenvalue weighted by molar-refractivity contribution is 5.76. The molecule has 0 aliphatic carbocycles. The van der Waals surface area contributed by atoms with Gasteiger partial charge in [-0.3, -0.25) is 9.59 Å². The van der Waals surface area contributed by atoms with Crippen molar-refractivity contribution in [1.82, 2.24) is 0 Å². The number of hydrogen-bond donors (Lipinski definition) is 2. The quantitative estimate of drug-likeness (QED) is 0.518. The maximum absolute atomic E-state index is 13.0. The van der Waals surface area contributed by atoms with Crippen molar-refractivity contribution in [2.24, 2.45) is 11.5 Å². The summed E-state index contributed by atoms with van der Waals surface area (Å²) in [6.45, 7) is 12.3. The van der Waals surface area contributed by atoms with Gasteiger partial charge >= 0.3 is 11.9 Å². The van der Waals surface area contributed by atoms with Gasteiger partial charge in [0.05, 0.1) is 13.2 Å². The maximum atomic E-state index is 13.0. The largest absolute Gasteiger partial charge is 0.465 e. The molecule has 0 radical (unpaired) electrons. The first-order valence-electron chi connectivity index (χ1n) is 7.62. The third-order valence-corrected chi connectivity index (χ3v) is 2.45. The molecule has 6 nitrogen and oxygen atoms in total. The molecule has 0 fully saturated rings. The predicted molar refractivity (Wildman–Crippen MR) is 88.5 cm³/mol. The molecule has 7 heteroatoms. The van der Waals surface area contributed by atoms with E-state index in [4.69, 9.17) is 16.2 Å². The van der Waals surface area contributed by atoms with Crippen LogP contribution in [0.2, 0.25) is 0 Å². The van der Waals surface area contributed by atoms with E-state index >= 15 is 0 Å². The van der Waals surface area contributed by atoms with Gasteiger partial charge in [0.2, 0.25) is 0 Å². The molecular formula is C16H31FN2O4. The lowest BCUT2D eigenvalue weighted by Crippen LogP contribution is -2.37. The Morgan fingerprint density at radius 2 is 1.48 bits per heavy atom. The number of esters is 2. The van der Waals surface area contributed by atoms with E-state index in [0.717, 1.165) is 5.57 Å². The van der Waals surface area contributed by atoms with Gasteiger partial charge in [0.25, 0.3) is 0 Å². The molecule has 0 aromatic rings. The zero-order valence-electron chi connectivity index (χ0n) is 14.9. The van der Waals surface area contributed by atoms with Gasteiger partial charge in [0, 0.05) is 6.42 Å². The third kappa shape index (κ3) is 15.2. The summed E-state index contributed by atoms with van der Waals surface area (Å²) in [5.41, 5.74) is 10.3. The van der Waals surface area contributed by atoms with E-state index in [-0.39, 0.29) is 19.0 Å². The van der Waals surface area contributed by atoms with Crippen LogP contribution in [-0.4, -0.2) is 42.9 Å². The van der Waals surface area contributed by atoms with Crippen LogP contribution in [0.15, 0.2) is 12.2 Å². The molecule has 0 aliphatic heterocycles. The Labute approximate surface area is 138 Å². The van der Waals surface area contributed by atoms with Crippen molar-refractivity contribution in [2.75, 3.05) is 13.2 Å². The van der Waals surface area contributed by atoms with Gasteiger partial charge < -0.3 is 20.9 Å². The van der Waals surface area contributed by atoms with E-state index in [1.165, 1.54) is 13.8 Å². The Morgan fingerprint density at radius 3 is 1.78 bits per heavy atom. The van der Waals surface area contributed by atoms with E-state index in [1.807, 2.05) is 6.92 Å². The van der Waals surface area contributed by atoms with Crippen LogP contribution in [0.25, 0.3) is 0 Å². The SMILES string of the molecule is C=C(C)C[C@H](N)C(=O)OCC.CCOC(=O)[C@@H](N)CC(C)(C)F. The molecule has 0 unspecified atom stereocenters. The number of carbonyl (C=O) groups excluding carboxylic acids is 2. The number of rotatable bonds is 8. The van der Waals surface area contributed by atoms with Crippen molar-refractivity contribution >= 4 is 11.9 Å². The Morgan fingerprint density at radius 1 is 1.09 bits per heavy atom. The molecule has 4 N–H and O–H groups in total. The first-order chi connectivity index (χ1) is 10.4. The number of carbonyl (C=O) groups is 2.